The largest absolute Gasteiger partial charge is 0.497 e. The van der Waals surface area contributed by atoms with Gasteiger partial charge in [-0.2, -0.15) is 0 Å². The van der Waals surface area contributed by atoms with E-state index in [4.69, 9.17) is 9.47 Å². The van der Waals surface area contributed by atoms with Gasteiger partial charge in [0.05, 0.1) is 18.0 Å². The highest BCUT2D eigenvalue weighted by atomic mass is 32.2. The maximum Gasteiger partial charge on any atom is 0.241 e. The van der Waals surface area contributed by atoms with E-state index in [2.05, 4.69) is 4.72 Å². The minimum atomic E-state index is -3.64. The van der Waals surface area contributed by atoms with Crippen molar-refractivity contribution in [3.05, 3.63) is 53.1 Å². The molecule has 0 fully saturated rings. The molecule has 2 aromatic rings. The lowest BCUT2D eigenvalue weighted by atomic mass is 10.1. The van der Waals surface area contributed by atoms with Crippen LogP contribution in [0.25, 0.3) is 0 Å². The van der Waals surface area contributed by atoms with Crippen molar-refractivity contribution in [2.75, 3.05) is 13.7 Å². The molecule has 1 N–H and O–H groups in total. The second-order valence-electron chi connectivity index (χ2n) is 6.24. The first kappa shape index (κ1) is 19.3. The van der Waals surface area contributed by atoms with Crippen molar-refractivity contribution < 1.29 is 17.9 Å². The summed E-state index contributed by atoms with van der Waals surface area (Å²) in [5.41, 5.74) is 2.44. The molecule has 2 rings (SSSR count). The van der Waals surface area contributed by atoms with Crippen LogP contribution in [0, 0.1) is 20.8 Å². The van der Waals surface area contributed by atoms with Crippen molar-refractivity contribution in [1.82, 2.24) is 4.72 Å². The van der Waals surface area contributed by atoms with Crippen LogP contribution in [-0.4, -0.2) is 28.2 Å². The van der Waals surface area contributed by atoms with Crippen molar-refractivity contribution in [1.29, 1.82) is 0 Å². The average molecular weight is 363 g/mol. The van der Waals surface area contributed by atoms with Crippen LogP contribution >= 0.6 is 0 Å². The van der Waals surface area contributed by atoms with Crippen molar-refractivity contribution >= 4 is 10.0 Å². The molecule has 0 heterocycles. The Morgan fingerprint density at radius 2 is 1.56 bits per heavy atom. The van der Waals surface area contributed by atoms with Gasteiger partial charge >= 0.3 is 0 Å². The fourth-order valence-corrected chi connectivity index (χ4v) is 4.35. The Balaban J connectivity index is 2.09. The van der Waals surface area contributed by atoms with E-state index in [0.717, 1.165) is 5.56 Å². The fraction of sp³-hybridized carbons (Fsp3) is 0.368. The van der Waals surface area contributed by atoms with E-state index in [-0.39, 0.29) is 17.5 Å². The highest BCUT2D eigenvalue weighted by Gasteiger charge is 2.22. The van der Waals surface area contributed by atoms with Gasteiger partial charge in [0.15, 0.2) is 0 Å². The molecule has 6 heteroatoms. The standard InChI is InChI=1S/C19H25NO4S/c1-13-6-8-17(9-7-13)24-12-16(4)20-25(21,22)19-14(2)10-18(23-5)11-15(19)3/h6-11,16,20H,12H2,1-5H3/t16-/m0/s1. The maximum absolute atomic E-state index is 12.7. The molecule has 5 nitrogen and oxygen atoms in total. The summed E-state index contributed by atoms with van der Waals surface area (Å²) in [6, 6.07) is 10.7. The van der Waals surface area contributed by atoms with E-state index < -0.39 is 10.0 Å². The Hall–Kier alpha value is -2.05. The van der Waals surface area contributed by atoms with Gasteiger partial charge in [-0.25, -0.2) is 13.1 Å². The van der Waals surface area contributed by atoms with Gasteiger partial charge in [0.25, 0.3) is 0 Å². The number of nitrogens with one attached hydrogen (secondary N) is 1. The third-order valence-corrected chi connectivity index (χ3v) is 5.71. The van der Waals surface area contributed by atoms with E-state index >= 15 is 0 Å². The molecular weight excluding hydrogens is 338 g/mol. The summed E-state index contributed by atoms with van der Waals surface area (Å²) in [4.78, 5) is 0.287. The molecule has 1 atom stereocenters. The molecule has 136 valence electrons. The zero-order valence-electron chi connectivity index (χ0n) is 15.3. The normalized spacial score (nSPS) is 12.7. The number of methoxy groups -OCH3 is 1. The Morgan fingerprint density at radius 1 is 1.00 bits per heavy atom. The van der Waals surface area contributed by atoms with Gasteiger partial charge in [0, 0.05) is 0 Å². The molecule has 0 saturated carbocycles. The van der Waals surface area contributed by atoms with E-state index in [1.54, 1.807) is 40.0 Å². The third-order valence-electron chi connectivity index (χ3n) is 3.82. The van der Waals surface area contributed by atoms with Crippen LogP contribution in [0.5, 0.6) is 11.5 Å². The number of benzene rings is 2. The van der Waals surface area contributed by atoms with Crippen molar-refractivity contribution in [3.8, 4) is 11.5 Å². The summed E-state index contributed by atoms with van der Waals surface area (Å²) in [7, 11) is -2.08. The summed E-state index contributed by atoms with van der Waals surface area (Å²) < 4.78 is 39.0. The summed E-state index contributed by atoms with van der Waals surface area (Å²) in [5.74, 6) is 1.36. The van der Waals surface area contributed by atoms with E-state index in [1.807, 2.05) is 31.2 Å². The number of hydrogen-bond donors (Lipinski definition) is 1. The zero-order valence-corrected chi connectivity index (χ0v) is 16.1. The fourth-order valence-electron chi connectivity index (χ4n) is 2.67. The van der Waals surface area contributed by atoms with E-state index in [1.165, 1.54) is 0 Å². The van der Waals surface area contributed by atoms with Gasteiger partial charge in [0.1, 0.15) is 18.1 Å². The van der Waals surface area contributed by atoms with Crippen LogP contribution in [0.1, 0.15) is 23.6 Å². The summed E-state index contributed by atoms with van der Waals surface area (Å²) >= 11 is 0. The molecule has 0 aliphatic rings. The lowest BCUT2D eigenvalue weighted by Crippen LogP contribution is -2.37. The molecule has 0 unspecified atom stereocenters. The third kappa shape index (κ3) is 4.96. The number of aryl methyl sites for hydroxylation is 3. The molecule has 0 aliphatic carbocycles. The predicted molar refractivity (Wildman–Crippen MR) is 98.9 cm³/mol. The van der Waals surface area contributed by atoms with Crippen LogP contribution in [-0.2, 0) is 10.0 Å². The number of hydrogen-bond acceptors (Lipinski definition) is 4. The SMILES string of the molecule is COc1cc(C)c(S(=O)(=O)N[C@@H](C)COc2ccc(C)cc2)c(C)c1. The molecule has 0 bridgehead atoms. The summed E-state index contributed by atoms with van der Waals surface area (Å²) in [5, 5.41) is 0. The van der Waals surface area contributed by atoms with Crippen LogP contribution in [0.2, 0.25) is 0 Å². The lowest BCUT2D eigenvalue weighted by molar-refractivity contribution is 0.287. The number of ether oxygens (including phenoxy) is 2. The van der Waals surface area contributed by atoms with Crippen molar-refractivity contribution in [3.63, 3.8) is 0 Å². The summed E-state index contributed by atoms with van der Waals surface area (Å²) in [6.07, 6.45) is 0. The monoisotopic (exact) mass is 363 g/mol. The molecular formula is C19H25NO4S. The maximum atomic E-state index is 12.7. The zero-order chi connectivity index (χ0) is 18.6. The Bertz CT molecular complexity index is 806. The van der Waals surface area contributed by atoms with Gasteiger partial charge in [0.2, 0.25) is 10.0 Å². The van der Waals surface area contributed by atoms with Gasteiger partial charge < -0.3 is 9.47 Å². The Labute approximate surface area is 150 Å². The highest BCUT2D eigenvalue weighted by Crippen LogP contribution is 2.25. The molecule has 0 saturated heterocycles. The predicted octanol–water partition coefficient (Wildman–Crippen LogP) is 3.37. The van der Waals surface area contributed by atoms with Gasteiger partial charge in [-0.1, -0.05) is 17.7 Å². The highest BCUT2D eigenvalue weighted by molar-refractivity contribution is 7.89. The Kier molecular flexibility index (Phi) is 6.08. The van der Waals surface area contributed by atoms with E-state index in [9.17, 15) is 8.42 Å². The molecule has 25 heavy (non-hydrogen) atoms. The minimum absolute atomic E-state index is 0.247. The first-order valence-corrected chi connectivity index (χ1v) is 9.58. The Morgan fingerprint density at radius 3 is 2.08 bits per heavy atom. The first-order valence-electron chi connectivity index (χ1n) is 8.10. The van der Waals surface area contributed by atoms with Crippen molar-refractivity contribution in [2.24, 2.45) is 0 Å². The molecule has 0 amide bonds. The van der Waals surface area contributed by atoms with Crippen molar-refractivity contribution in [2.45, 2.75) is 38.6 Å². The minimum Gasteiger partial charge on any atom is -0.497 e. The second kappa shape index (κ2) is 7.89. The molecule has 0 spiro atoms. The number of sulfonamides is 1. The molecule has 2 aromatic carbocycles. The first-order chi connectivity index (χ1) is 11.7. The average Bonchev–Trinajstić information content (AvgIpc) is 2.52. The smallest absolute Gasteiger partial charge is 0.241 e. The summed E-state index contributed by atoms with van der Waals surface area (Å²) in [6.45, 7) is 7.55. The van der Waals surface area contributed by atoms with Gasteiger partial charge in [-0.05, 0) is 63.1 Å². The molecule has 0 aliphatic heterocycles. The second-order valence-corrected chi connectivity index (χ2v) is 7.89. The molecule has 0 radical (unpaired) electrons. The van der Waals surface area contributed by atoms with Crippen LogP contribution < -0.4 is 14.2 Å². The van der Waals surface area contributed by atoms with Gasteiger partial charge in [-0.3, -0.25) is 0 Å². The lowest BCUT2D eigenvalue weighted by Gasteiger charge is -2.18. The van der Waals surface area contributed by atoms with Crippen LogP contribution in [0.15, 0.2) is 41.3 Å². The van der Waals surface area contributed by atoms with Gasteiger partial charge in [-0.15, -0.1) is 0 Å². The number of rotatable bonds is 7. The van der Waals surface area contributed by atoms with E-state index in [0.29, 0.717) is 22.6 Å². The molecule has 0 aromatic heterocycles. The topological polar surface area (TPSA) is 64.6 Å². The van der Waals surface area contributed by atoms with Crippen LogP contribution in [0.3, 0.4) is 0 Å². The quantitative estimate of drug-likeness (QED) is 0.819. The van der Waals surface area contributed by atoms with Crippen LogP contribution in [0.4, 0.5) is 0 Å².